The van der Waals surface area contributed by atoms with Crippen LogP contribution in [0.1, 0.15) is 38.3 Å². The fourth-order valence-electron chi connectivity index (χ4n) is 3.79. The number of likely N-dealkylation sites (tertiary alicyclic amines) is 1. The van der Waals surface area contributed by atoms with Crippen molar-refractivity contribution in [3.63, 3.8) is 0 Å². The molecule has 2 amide bonds. The summed E-state index contributed by atoms with van der Waals surface area (Å²) in [6.07, 6.45) is -1.86. The van der Waals surface area contributed by atoms with Crippen molar-refractivity contribution in [1.82, 2.24) is 25.0 Å². The van der Waals surface area contributed by atoms with Crippen LogP contribution in [0.15, 0.2) is 0 Å². The van der Waals surface area contributed by atoms with E-state index >= 15 is 0 Å². The molecule has 0 aromatic carbocycles. The fourth-order valence-corrected chi connectivity index (χ4v) is 3.79. The highest BCUT2D eigenvalue weighted by Crippen LogP contribution is 2.44. The second-order valence-electron chi connectivity index (χ2n) is 6.96. The number of carbonyl (C=O) groups is 1. The SMILES string of the molecule is CC1(C)C(C(F)(F)F)CCN1C(=O)NCCc1nnc2n1CCC2. The molecule has 2 aliphatic rings. The normalized spacial score (nSPS) is 22.7. The van der Waals surface area contributed by atoms with Gasteiger partial charge in [-0.05, 0) is 26.7 Å². The summed E-state index contributed by atoms with van der Waals surface area (Å²) >= 11 is 0. The van der Waals surface area contributed by atoms with Crippen molar-refractivity contribution < 1.29 is 18.0 Å². The van der Waals surface area contributed by atoms with Crippen LogP contribution in [-0.2, 0) is 19.4 Å². The summed E-state index contributed by atoms with van der Waals surface area (Å²) in [6.45, 7) is 4.29. The van der Waals surface area contributed by atoms with Gasteiger partial charge in [0, 0.05) is 32.5 Å². The number of halogens is 3. The van der Waals surface area contributed by atoms with Crippen molar-refractivity contribution in [3.8, 4) is 0 Å². The van der Waals surface area contributed by atoms with E-state index in [9.17, 15) is 18.0 Å². The number of aromatic nitrogens is 3. The van der Waals surface area contributed by atoms with Crippen molar-refractivity contribution in [2.45, 2.75) is 57.8 Å². The molecule has 3 rings (SSSR count). The molecule has 3 heterocycles. The van der Waals surface area contributed by atoms with E-state index < -0.39 is 23.7 Å². The lowest BCUT2D eigenvalue weighted by Gasteiger charge is -2.36. The first kappa shape index (κ1) is 17.0. The van der Waals surface area contributed by atoms with Crippen LogP contribution in [0.25, 0.3) is 0 Å². The Balaban J connectivity index is 1.55. The molecule has 6 nitrogen and oxygen atoms in total. The summed E-state index contributed by atoms with van der Waals surface area (Å²) in [6, 6.07) is -0.451. The number of amides is 2. The van der Waals surface area contributed by atoms with Crippen molar-refractivity contribution in [2.75, 3.05) is 13.1 Å². The molecular formula is C15H22F3N5O. The van der Waals surface area contributed by atoms with Gasteiger partial charge >= 0.3 is 12.2 Å². The number of aryl methyl sites for hydroxylation is 1. The first-order valence-corrected chi connectivity index (χ1v) is 8.24. The Morgan fingerprint density at radius 3 is 2.75 bits per heavy atom. The third-order valence-electron chi connectivity index (χ3n) is 5.14. The van der Waals surface area contributed by atoms with Gasteiger partial charge in [0.05, 0.1) is 11.5 Å². The Bertz CT molecular complexity index is 625. The average Bonchev–Trinajstić information content (AvgIpc) is 3.12. The molecule has 0 bridgehead atoms. The third-order valence-corrected chi connectivity index (χ3v) is 5.14. The number of alkyl halides is 3. The molecule has 1 fully saturated rings. The van der Waals surface area contributed by atoms with Gasteiger partial charge in [-0.1, -0.05) is 0 Å². The Morgan fingerprint density at radius 1 is 1.33 bits per heavy atom. The standard InChI is InChI=1S/C15H22F3N5O/c1-14(2)10(15(16,17)18)6-9-23(14)13(24)19-7-5-12-21-20-11-4-3-8-22(11)12/h10H,3-9H2,1-2H3,(H,19,24). The van der Waals surface area contributed by atoms with Crippen LogP contribution >= 0.6 is 0 Å². The molecule has 0 aliphatic carbocycles. The molecule has 1 unspecified atom stereocenters. The third kappa shape index (κ3) is 2.95. The Kier molecular flexibility index (Phi) is 4.21. The van der Waals surface area contributed by atoms with Gasteiger partial charge in [-0.2, -0.15) is 13.2 Å². The van der Waals surface area contributed by atoms with Crippen LogP contribution in [0.3, 0.4) is 0 Å². The molecule has 0 spiro atoms. The summed E-state index contributed by atoms with van der Waals surface area (Å²) in [4.78, 5) is 13.6. The van der Waals surface area contributed by atoms with E-state index in [2.05, 4.69) is 15.5 Å². The number of hydrogen-bond acceptors (Lipinski definition) is 3. The lowest BCUT2D eigenvalue weighted by atomic mass is 9.88. The molecule has 9 heteroatoms. The van der Waals surface area contributed by atoms with Crippen molar-refractivity contribution >= 4 is 6.03 Å². The van der Waals surface area contributed by atoms with Gasteiger partial charge in [0.2, 0.25) is 0 Å². The summed E-state index contributed by atoms with van der Waals surface area (Å²) < 4.78 is 41.3. The van der Waals surface area contributed by atoms with E-state index in [0.29, 0.717) is 13.0 Å². The van der Waals surface area contributed by atoms with Gasteiger partial charge in [-0.15, -0.1) is 10.2 Å². The molecule has 0 saturated carbocycles. The zero-order valence-electron chi connectivity index (χ0n) is 13.9. The van der Waals surface area contributed by atoms with E-state index in [1.807, 2.05) is 4.57 Å². The zero-order chi connectivity index (χ0) is 17.5. The first-order valence-electron chi connectivity index (χ1n) is 8.24. The van der Waals surface area contributed by atoms with E-state index in [-0.39, 0.29) is 13.0 Å². The number of nitrogens with one attached hydrogen (secondary N) is 1. The largest absolute Gasteiger partial charge is 0.394 e. The monoisotopic (exact) mass is 345 g/mol. The highest BCUT2D eigenvalue weighted by Gasteiger charge is 2.56. The van der Waals surface area contributed by atoms with Crippen LogP contribution in [0.2, 0.25) is 0 Å². The molecule has 24 heavy (non-hydrogen) atoms. The van der Waals surface area contributed by atoms with E-state index in [1.165, 1.54) is 18.7 Å². The summed E-state index contributed by atoms with van der Waals surface area (Å²) in [5.74, 6) is 0.289. The average molecular weight is 345 g/mol. The predicted molar refractivity (Wildman–Crippen MR) is 80.4 cm³/mol. The van der Waals surface area contributed by atoms with Crippen molar-refractivity contribution in [2.24, 2.45) is 5.92 Å². The Labute approximate surface area is 138 Å². The molecule has 1 atom stereocenters. The molecule has 1 aromatic heterocycles. The minimum absolute atomic E-state index is 0.0540. The van der Waals surface area contributed by atoms with Crippen LogP contribution in [0.5, 0.6) is 0 Å². The van der Waals surface area contributed by atoms with Gasteiger partial charge in [0.25, 0.3) is 0 Å². The lowest BCUT2D eigenvalue weighted by molar-refractivity contribution is -0.189. The molecule has 134 valence electrons. The van der Waals surface area contributed by atoms with Crippen LogP contribution in [-0.4, -0.2) is 50.5 Å². The van der Waals surface area contributed by atoms with Gasteiger partial charge in [0.1, 0.15) is 11.6 Å². The van der Waals surface area contributed by atoms with E-state index in [1.54, 1.807) is 0 Å². The minimum atomic E-state index is -4.29. The van der Waals surface area contributed by atoms with Crippen LogP contribution in [0.4, 0.5) is 18.0 Å². The number of rotatable bonds is 3. The van der Waals surface area contributed by atoms with Crippen molar-refractivity contribution in [3.05, 3.63) is 11.6 Å². The fraction of sp³-hybridized carbons (Fsp3) is 0.800. The second kappa shape index (κ2) is 5.93. The summed E-state index contributed by atoms with van der Waals surface area (Å²) in [5.41, 5.74) is -1.24. The molecule has 2 aliphatic heterocycles. The zero-order valence-corrected chi connectivity index (χ0v) is 13.9. The number of carbonyl (C=O) groups excluding carboxylic acids is 1. The maximum absolute atomic E-state index is 13.1. The van der Waals surface area contributed by atoms with Crippen LogP contribution in [0, 0.1) is 5.92 Å². The Hall–Kier alpha value is -1.80. The van der Waals surface area contributed by atoms with Crippen molar-refractivity contribution in [1.29, 1.82) is 0 Å². The first-order chi connectivity index (χ1) is 11.2. The number of fused-ring (bicyclic) bond motifs is 1. The molecular weight excluding hydrogens is 323 g/mol. The molecule has 0 radical (unpaired) electrons. The highest BCUT2D eigenvalue weighted by atomic mass is 19.4. The number of hydrogen-bond donors (Lipinski definition) is 1. The smallest absolute Gasteiger partial charge is 0.338 e. The van der Waals surface area contributed by atoms with Gasteiger partial charge in [0.15, 0.2) is 0 Å². The van der Waals surface area contributed by atoms with Gasteiger partial charge in [-0.3, -0.25) is 0 Å². The lowest BCUT2D eigenvalue weighted by Crippen LogP contribution is -2.53. The number of urea groups is 1. The summed E-state index contributed by atoms with van der Waals surface area (Å²) in [5, 5.41) is 10.9. The quantitative estimate of drug-likeness (QED) is 0.913. The molecule has 1 saturated heterocycles. The Morgan fingerprint density at radius 2 is 2.08 bits per heavy atom. The molecule has 1 N–H and O–H groups in total. The maximum atomic E-state index is 13.1. The molecule has 1 aromatic rings. The van der Waals surface area contributed by atoms with Gasteiger partial charge < -0.3 is 14.8 Å². The van der Waals surface area contributed by atoms with E-state index in [4.69, 9.17) is 0 Å². The van der Waals surface area contributed by atoms with Crippen LogP contribution < -0.4 is 5.32 Å². The summed E-state index contributed by atoms with van der Waals surface area (Å²) in [7, 11) is 0. The number of nitrogens with zero attached hydrogens (tertiary/aromatic N) is 4. The van der Waals surface area contributed by atoms with E-state index in [0.717, 1.165) is 31.0 Å². The highest BCUT2D eigenvalue weighted by molar-refractivity contribution is 5.75. The maximum Gasteiger partial charge on any atom is 0.394 e. The second-order valence-corrected chi connectivity index (χ2v) is 6.96. The van der Waals surface area contributed by atoms with Gasteiger partial charge in [-0.25, -0.2) is 4.79 Å². The predicted octanol–water partition coefficient (Wildman–Crippen LogP) is 2.14. The minimum Gasteiger partial charge on any atom is -0.338 e. The topological polar surface area (TPSA) is 63.1 Å².